The first-order valence-corrected chi connectivity index (χ1v) is 6.41. The van der Waals surface area contributed by atoms with Crippen molar-refractivity contribution in [2.75, 3.05) is 13.1 Å². The summed E-state index contributed by atoms with van der Waals surface area (Å²) in [6, 6.07) is 10.7. The second-order valence-electron chi connectivity index (χ2n) is 4.85. The zero-order valence-corrected chi connectivity index (χ0v) is 10.1. The second-order valence-corrected chi connectivity index (χ2v) is 4.85. The summed E-state index contributed by atoms with van der Waals surface area (Å²) in [5, 5.41) is 0. The van der Waals surface area contributed by atoms with Gasteiger partial charge in [-0.1, -0.05) is 30.3 Å². The molecule has 0 spiro atoms. The molecule has 2 aliphatic heterocycles. The van der Waals surface area contributed by atoms with Gasteiger partial charge in [-0.3, -0.25) is 9.89 Å². The van der Waals surface area contributed by atoms with E-state index in [-0.39, 0.29) is 0 Å². The standard InChI is InChI=1S/C15H18N2/c1-2-5-13(6-3-1)11-17-10-8-15-14(12-17)7-4-9-16-15/h1-3,5-6,9H,4,7-8,10-12H2. The maximum absolute atomic E-state index is 4.52. The lowest BCUT2D eigenvalue weighted by atomic mass is 9.99. The van der Waals surface area contributed by atoms with Crippen molar-refractivity contribution in [1.82, 2.24) is 4.90 Å². The summed E-state index contributed by atoms with van der Waals surface area (Å²) in [5.74, 6) is 0. The summed E-state index contributed by atoms with van der Waals surface area (Å²) < 4.78 is 0. The Bertz CT molecular complexity index is 445. The van der Waals surface area contributed by atoms with Crippen LogP contribution in [0.3, 0.4) is 0 Å². The van der Waals surface area contributed by atoms with Crippen LogP contribution in [0.1, 0.15) is 24.8 Å². The lowest BCUT2D eigenvalue weighted by Crippen LogP contribution is -2.31. The molecule has 1 aromatic carbocycles. The molecule has 3 rings (SSSR count). The summed E-state index contributed by atoms with van der Waals surface area (Å²) in [7, 11) is 0. The number of hydrogen-bond acceptors (Lipinski definition) is 2. The Kier molecular flexibility index (Phi) is 3.06. The van der Waals surface area contributed by atoms with E-state index in [2.05, 4.69) is 46.4 Å². The molecule has 2 heterocycles. The third-order valence-electron chi connectivity index (χ3n) is 3.56. The minimum atomic E-state index is 1.07. The molecule has 2 heteroatoms. The molecule has 17 heavy (non-hydrogen) atoms. The molecule has 0 fully saturated rings. The molecule has 0 bridgehead atoms. The summed E-state index contributed by atoms with van der Waals surface area (Å²) in [4.78, 5) is 7.06. The van der Waals surface area contributed by atoms with Crippen molar-refractivity contribution in [3.8, 4) is 0 Å². The number of nitrogens with zero attached hydrogens (tertiary/aromatic N) is 2. The fraction of sp³-hybridized carbons (Fsp3) is 0.400. The fourth-order valence-corrected chi connectivity index (χ4v) is 2.65. The Morgan fingerprint density at radius 1 is 1.12 bits per heavy atom. The van der Waals surface area contributed by atoms with Gasteiger partial charge in [-0.05, 0) is 24.0 Å². The number of benzene rings is 1. The maximum Gasteiger partial charge on any atom is 0.0417 e. The fourth-order valence-electron chi connectivity index (χ4n) is 2.65. The van der Waals surface area contributed by atoms with E-state index in [0.29, 0.717) is 0 Å². The molecule has 0 unspecified atom stereocenters. The van der Waals surface area contributed by atoms with Crippen LogP contribution in [0, 0.1) is 0 Å². The molecule has 0 amide bonds. The molecule has 0 atom stereocenters. The summed E-state index contributed by atoms with van der Waals surface area (Å²) in [6.07, 6.45) is 5.53. The Morgan fingerprint density at radius 3 is 2.88 bits per heavy atom. The van der Waals surface area contributed by atoms with Crippen molar-refractivity contribution in [1.29, 1.82) is 0 Å². The van der Waals surface area contributed by atoms with E-state index >= 15 is 0 Å². The van der Waals surface area contributed by atoms with Crippen LogP contribution in [0.5, 0.6) is 0 Å². The Morgan fingerprint density at radius 2 is 2.00 bits per heavy atom. The smallest absolute Gasteiger partial charge is 0.0417 e. The van der Waals surface area contributed by atoms with Crippen LogP contribution < -0.4 is 0 Å². The van der Waals surface area contributed by atoms with Crippen molar-refractivity contribution in [3.05, 3.63) is 47.2 Å². The quantitative estimate of drug-likeness (QED) is 0.757. The molecule has 2 nitrogen and oxygen atoms in total. The van der Waals surface area contributed by atoms with Crippen LogP contribution >= 0.6 is 0 Å². The zero-order valence-electron chi connectivity index (χ0n) is 10.1. The highest BCUT2D eigenvalue weighted by molar-refractivity contribution is 5.61. The largest absolute Gasteiger partial charge is 0.295 e. The molecule has 0 saturated heterocycles. The number of aliphatic imine (C=N–C) groups is 1. The minimum Gasteiger partial charge on any atom is -0.295 e. The van der Waals surface area contributed by atoms with Crippen LogP contribution in [0.2, 0.25) is 0 Å². The molecular weight excluding hydrogens is 208 g/mol. The van der Waals surface area contributed by atoms with Gasteiger partial charge in [0, 0.05) is 38.0 Å². The van der Waals surface area contributed by atoms with Gasteiger partial charge in [-0.2, -0.15) is 0 Å². The van der Waals surface area contributed by atoms with Gasteiger partial charge in [0.15, 0.2) is 0 Å². The normalized spacial score (nSPS) is 20.5. The lowest BCUT2D eigenvalue weighted by Gasteiger charge is -2.30. The average Bonchev–Trinajstić information content (AvgIpc) is 2.40. The van der Waals surface area contributed by atoms with E-state index in [4.69, 9.17) is 0 Å². The summed E-state index contributed by atoms with van der Waals surface area (Å²) in [6.45, 7) is 3.33. The summed E-state index contributed by atoms with van der Waals surface area (Å²) in [5.41, 5.74) is 4.34. The topological polar surface area (TPSA) is 15.6 Å². The van der Waals surface area contributed by atoms with Gasteiger partial charge in [0.05, 0.1) is 0 Å². The molecule has 1 aromatic rings. The Balaban J connectivity index is 1.68. The van der Waals surface area contributed by atoms with Crippen molar-refractivity contribution < 1.29 is 0 Å². The molecule has 0 aliphatic carbocycles. The van der Waals surface area contributed by atoms with Crippen molar-refractivity contribution in [3.63, 3.8) is 0 Å². The van der Waals surface area contributed by atoms with E-state index < -0.39 is 0 Å². The lowest BCUT2D eigenvalue weighted by molar-refractivity contribution is 0.272. The average molecular weight is 226 g/mol. The first kappa shape index (κ1) is 10.7. The van der Waals surface area contributed by atoms with Crippen LogP contribution in [-0.4, -0.2) is 24.2 Å². The van der Waals surface area contributed by atoms with Crippen LogP contribution in [0.25, 0.3) is 0 Å². The monoisotopic (exact) mass is 226 g/mol. The second kappa shape index (κ2) is 4.84. The van der Waals surface area contributed by atoms with Crippen molar-refractivity contribution >= 4 is 6.21 Å². The van der Waals surface area contributed by atoms with Gasteiger partial charge in [0.1, 0.15) is 0 Å². The van der Waals surface area contributed by atoms with Crippen LogP contribution in [-0.2, 0) is 6.54 Å². The van der Waals surface area contributed by atoms with Gasteiger partial charge in [-0.15, -0.1) is 0 Å². The predicted octanol–water partition coefficient (Wildman–Crippen LogP) is 3.01. The van der Waals surface area contributed by atoms with Gasteiger partial charge in [-0.25, -0.2) is 0 Å². The predicted molar refractivity (Wildman–Crippen MR) is 71.1 cm³/mol. The molecule has 2 aliphatic rings. The molecule has 0 aromatic heterocycles. The highest BCUT2D eigenvalue weighted by Crippen LogP contribution is 2.25. The SMILES string of the molecule is C1=NC2=C(CC1)CN(Cc1ccccc1)CC2. The highest BCUT2D eigenvalue weighted by atomic mass is 15.1. The van der Waals surface area contributed by atoms with Gasteiger partial charge in [0.2, 0.25) is 0 Å². The first-order valence-electron chi connectivity index (χ1n) is 6.41. The van der Waals surface area contributed by atoms with E-state index in [0.717, 1.165) is 32.5 Å². The molecule has 88 valence electrons. The minimum absolute atomic E-state index is 1.07. The van der Waals surface area contributed by atoms with Gasteiger partial charge in [0.25, 0.3) is 0 Å². The number of rotatable bonds is 2. The number of hydrogen-bond donors (Lipinski definition) is 0. The van der Waals surface area contributed by atoms with E-state index in [1.165, 1.54) is 17.7 Å². The van der Waals surface area contributed by atoms with E-state index in [9.17, 15) is 0 Å². The molecular formula is C15H18N2. The molecule has 0 N–H and O–H groups in total. The van der Waals surface area contributed by atoms with E-state index in [1.807, 2.05) is 0 Å². The maximum atomic E-state index is 4.52. The van der Waals surface area contributed by atoms with E-state index in [1.54, 1.807) is 5.57 Å². The van der Waals surface area contributed by atoms with Gasteiger partial charge >= 0.3 is 0 Å². The van der Waals surface area contributed by atoms with Crippen LogP contribution in [0.15, 0.2) is 46.6 Å². The third-order valence-corrected chi connectivity index (χ3v) is 3.56. The molecule has 0 saturated carbocycles. The van der Waals surface area contributed by atoms with Crippen molar-refractivity contribution in [2.45, 2.75) is 25.8 Å². The van der Waals surface area contributed by atoms with Crippen molar-refractivity contribution in [2.24, 2.45) is 4.99 Å². The third kappa shape index (κ3) is 2.47. The van der Waals surface area contributed by atoms with Gasteiger partial charge < -0.3 is 0 Å². The first-order chi connectivity index (χ1) is 8.42. The molecule has 0 radical (unpaired) electrons. The summed E-state index contributed by atoms with van der Waals surface area (Å²) >= 11 is 0. The highest BCUT2D eigenvalue weighted by Gasteiger charge is 2.19. The van der Waals surface area contributed by atoms with Crippen LogP contribution in [0.4, 0.5) is 0 Å². The Labute approximate surface area is 103 Å². The zero-order chi connectivity index (χ0) is 11.5. The Hall–Kier alpha value is -1.41.